The van der Waals surface area contributed by atoms with E-state index < -0.39 is 0 Å². The summed E-state index contributed by atoms with van der Waals surface area (Å²) in [5, 5.41) is 1.33. The third-order valence-corrected chi connectivity index (χ3v) is 32.8. The van der Waals surface area contributed by atoms with Crippen LogP contribution in [0.4, 0.5) is 0 Å². The number of nitrogens with zero attached hydrogens (tertiary/aromatic N) is 8. The lowest BCUT2D eigenvalue weighted by atomic mass is 9.77. The Balaban J connectivity index is 0.0000000992. The molecule has 102 heavy (non-hydrogen) atoms. The zero-order valence-corrected chi connectivity index (χ0v) is 67.6. The van der Waals surface area contributed by atoms with E-state index in [2.05, 4.69) is 266 Å². The first kappa shape index (κ1) is 75.3. The lowest BCUT2D eigenvalue weighted by Gasteiger charge is -2.34. The van der Waals surface area contributed by atoms with Gasteiger partial charge in [-0.3, -0.25) is 24.5 Å². The number of likely N-dealkylation sites (tertiary alicyclic amines) is 7. The van der Waals surface area contributed by atoms with Gasteiger partial charge in [-0.25, -0.2) is 0 Å². The maximum absolute atomic E-state index is 5.39. The van der Waals surface area contributed by atoms with Gasteiger partial charge in [-0.2, -0.15) is 11.8 Å². The predicted octanol–water partition coefficient (Wildman–Crippen LogP) is 18.5. The highest BCUT2D eigenvalue weighted by Crippen LogP contribution is 2.55. The third-order valence-electron chi connectivity index (χ3n) is 31.6. The molecule has 13 fully saturated rings. The van der Waals surface area contributed by atoms with Crippen molar-refractivity contribution in [1.82, 2.24) is 38.9 Å². The molecule has 0 bridgehead atoms. The molecule has 0 radical (unpaired) electrons. The second kappa shape index (κ2) is 32.7. The second-order valence-electron chi connectivity index (χ2n) is 36.9. The van der Waals surface area contributed by atoms with Crippen LogP contribution in [0.1, 0.15) is 221 Å². The Morgan fingerprint density at radius 1 is 0.363 bits per heavy atom. The van der Waals surface area contributed by atoms with Crippen molar-refractivity contribution in [3.8, 4) is 0 Å². The van der Waals surface area contributed by atoms with E-state index in [1.165, 1.54) is 137 Å². The normalized spacial score (nSPS) is 40.1. The number of ether oxygens (including phenoxy) is 1. The fourth-order valence-corrected chi connectivity index (χ4v) is 26.5. The Morgan fingerprint density at radius 2 is 0.873 bits per heavy atom. The van der Waals surface area contributed by atoms with Crippen molar-refractivity contribution < 1.29 is 4.74 Å². The van der Waals surface area contributed by atoms with Crippen molar-refractivity contribution in [1.29, 1.82) is 0 Å². The standard InChI is InChI=1S/C14H19N.C13H23N.C13H17N.C13H23N.C13H17N.C10H11N.C8H15NO.C8H15NS/c1-10-9-12-8-7-11-5-3-4-6-13(11)14(12)15(10)2;2*1-9-7-11-8-10-5-3-4-6-12(10)13(11)14(9)2;2*1-9-7-12-11-6-4-3-5-10(11)8-13(12)14(9)2;1-8-7-9-5-3-4-6-10(9)11(8)2;2*1-6-3-7-4-10-5-8(7)9(6)2/h3-6,10,12,14H,7-9H2,1-2H3;9-13H,3-8H2,1-2H3;3-6,9,11,13H,7-8H2,1-2H3;9-13H,3-8H2,1-2H3;3-6,9,12-13H,7-8H2,1-2H3;3-7H,1-2H3;2*6-8H,3-5H2,1-2H3. The molecule has 9 nitrogen and oxygen atoms in total. The molecule has 7 aliphatic carbocycles. The summed E-state index contributed by atoms with van der Waals surface area (Å²) in [6.45, 7) is 20.6. The molecule has 4 aromatic carbocycles. The SMILES string of the molecule is CC1CC2C3CCCCC3CC2N1C.CC1CC2CC3CCCCC3C2N1C.CC1CC2CCc3ccccc3C2N1C.CC1CC2COCC2N1C.CC1CC2CSCC2N1C.CC1CC2Cc3ccccc3C2N1C.CC1CC2c3ccccc3CC2N1C.Cc1cc2ccccc2n1C. The van der Waals surface area contributed by atoms with Gasteiger partial charge in [0.1, 0.15) is 0 Å². The fraction of sp³-hybridized carbons (Fsp3) is 0.717. The van der Waals surface area contributed by atoms with Crippen molar-refractivity contribution in [2.45, 2.75) is 281 Å². The zero-order chi connectivity index (χ0) is 71.4. The first-order chi connectivity index (χ1) is 49.2. The van der Waals surface area contributed by atoms with Gasteiger partial charge in [0.05, 0.1) is 13.2 Å². The minimum absolute atomic E-state index is 0.699. The minimum atomic E-state index is 0.699. The molecule has 4 saturated carbocycles. The van der Waals surface area contributed by atoms with E-state index in [9.17, 15) is 0 Å². The summed E-state index contributed by atoms with van der Waals surface area (Å²) in [4.78, 5) is 18.1. The molecule has 1 aromatic heterocycles. The van der Waals surface area contributed by atoms with Gasteiger partial charge in [0.25, 0.3) is 0 Å². The third kappa shape index (κ3) is 15.3. The van der Waals surface area contributed by atoms with Gasteiger partial charge in [0.2, 0.25) is 0 Å². The molecule has 9 saturated heterocycles. The molecule has 10 heteroatoms. The lowest BCUT2D eigenvalue weighted by molar-refractivity contribution is 0.141. The van der Waals surface area contributed by atoms with E-state index in [4.69, 9.17) is 4.74 Å². The number of aromatic nitrogens is 1. The quantitative estimate of drug-likeness (QED) is 0.151. The molecule has 0 spiro atoms. The van der Waals surface area contributed by atoms with E-state index in [0.717, 1.165) is 151 Å². The van der Waals surface area contributed by atoms with Crippen LogP contribution in [0.5, 0.6) is 0 Å². The monoisotopic (exact) mass is 1410 g/mol. The van der Waals surface area contributed by atoms with Crippen molar-refractivity contribution in [2.24, 2.45) is 66.2 Å². The number of hydrogen-bond acceptors (Lipinski definition) is 9. The van der Waals surface area contributed by atoms with Crippen LogP contribution in [-0.2, 0) is 31.0 Å². The van der Waals surface area contributed by atoms with E-state index in [1.54, 1.807) is 59.1 Å². The summed E-state index contributed by atoms with van der Waals surface area (Å²) >= 11 is 2.13. The summed E-state index contributed by atoms with van der Waals surface area (Å²) in [6.07, 6.45) is 30.4. The highest BCUT2D eigenvalue weighted by molar-refractivity contribution is 7.99. The Hall–Kier alpha value is -3.55. The van der Waals surface area contributed by atoms with Crippen LogP contribution >= 0.6 is 11.8 Å². The van der Waals surface area contributed by atoms with Gasteiger partial charge in [0.15, 0.2) is 0 Å². The number of hydrogen-bond donors (Lipinski definition) is 0. The van der Waals surface area contributed by atoms with E-state index in [1.807, 2.05) is 0 Å². The first-order valence-electron chi connectivity index (χ1n) is 42.2. The number of benzene rings is 4. The van der Waals surface area contributed by atoms with Crippen LogP contribution in [0, 0.1) is 66.1 Å². The van der Waals surface area contributed by atoms with E-state index >= 15 is 0 Å². The smallest absolute Gasteiger partial charge is 0.0625 e. The first-order valence-corrected chi connectivity index (χ1v) is 43.3. The predicted molar refractivity (Wildman–Crippen MR) is 432 cm³/mol. The summed E-state index contributed by atoms with van der Waals surface area (Å²) in [6, 6.07) is 48.9. The van der Waals surface area contributed by atoms with Crippen molar-refractivity contribution in [3.05, 3.63) is 142 Å². The summed E-state index contributed by atoms with van der Waals surface area (Å²) in [7, 11) is 18.2. The number of thioether (sulfide) groups is 1. The van der Waals surface area contributed by atoms with Gasteiger partial charge < -0.3 is 19.1 Å². The van der Waals surface area contributed by atoms with Crippen LogP contribution in [0.3, 0.4) is 0 Å². The summed E-state index contributed by atoms with van der Waals surface area (Å²) in [5.41, 5.74) is 12.2. The molecule has 560 valence electrons. The van der Waals surface area contributed by atoms with Crippen LogP contribution in [0.15, 0.2) is 103 Å². The molecule has 0 N–H and O–H groups in total. The molecule has 10 heterocycles. The van der Waals surface area contributed by atoms with Gasteiger partial charge in [-0.1, -0.05) is 130 Å². The van der Waals surface area contributed by atoms with E-state index in [0.29, 0.717) is 12.1 Å². The average Bonchev–Trinajstić information content (AvgIpc) is 1.61. The van der Waals surface area contributed by atoms with Gasteiger partial charge >= 0.3 is 0 Å². The Kier molecular flexibility index (Phi) is 24.1. The van der Waals surface area contributed by atoms with Crippen LogP contribution in [0.25, 0.3) is 10.9 Å². The molecule has 5 aromatic rings. The molecule has 25 atom stereocenters. The molecule has 21 rings (SSSR count). The molecule has 0 amide bonds. The van der Waals surface area contributed by atoms with E-state index in [-0.39, 0.29) is 0 Å². The molecular formula is C92H140N8OS. The number of rotatable bonds is 0. The number of para-hydroxylation sites is 1. The number of aryl methyl sites for hydroxylation is 3. The van der Waals surface area contributed by atoms with Gasteiger partial charge in [0, 0.05) is 120 Å². The second-order valence-corrected chi connectivity index (χ2v) is 38.0. The maximum Gasteiger partial charge on any atom is 0.0625 e. The topological polar surface area (TPSA) is 36.8 Å². The molecule has 16 aliphatic rings. The zero-order valence-electron chi connectivity index (χ0n) is 66.8. The highest BCUT2D eigenvalue weighted by Gasteiger charge is 2.53. The molecular weight excluding hydrogens is 1270 g/mol. The van der Waals surface area contributed by atoms with Crippen molar-refractivity contribution >= 4 is 22.7 Å². The number of likely N-dealkylation sites (N-methyl/N-ethyl adjacent to an activating group) is 2. The van der Waals surface area contributed by atoms with Crippen molar-refractivity contribution in [3.63, 3.8) is 0 Å². The molecule has 25 unspecified atom stereocenters. The van der Waals surface area contributed by atoms with Crippen LogP contribution in [-0.4, -0.2) is 185 Å². The Bertz CT molecular complexity index is 3490. The Labute approximate surface area is 625 Å². The van der Waals surface area contributed by atoms with Gasteiger partial charge in [-0.05, 0) is 311 Å². The largest absolute Gasteiger partial charge is 0.379 e. The highest BCUT2D eigenvalue weighted by atomic mass is 32.2. The van der Waals surface area contributed by atoms with Crippen molar-refractivity contribution in [2.75, 3.05) is 74.1 Å². The Morgan fingerprint density at radius 3 is 1.57 bits per heavy atom. The minimum Gasteiger partial charge on any atom is -0.379 e. The van der Waals surface area contributed by atoms with Crippen LogP contribution < -0.4 is 0 Å². The summed E-state index contributed by atoms with van der Waals surface area (Å²) < 4.78 is 7.59. The van der Waals surface area contributed by atoms with Crippen LogP contribution in [0.2, 0.25) is 0 Å². The maximum atomic E-state index is 5.39. The van der Waals surface area contributed by atoms with Gasteiger partial charge in [-0.15, -0.1) is 0 Å². The number of fused-ring (bicyclic) bond motifs is 18. The average molecular weight is 1410 g/mol. The fourth-order valence-electron chi connectivity index (χ4n) is 25.0. The summed E-state index contributed by atoms with van der Waals surface area (Å²) in [5.74, 6) is 13.8. The lowest BCUT2D eigenvalue weighted by Crippen LogP contribution is -2.37. The molecule has 9 aliphatic heterocycles.